The molecular formula is C13H21ClN6O. The van der Waals surface area contributed by atoms with Crippen molar-refractivity contribution in [2.24, 2.45) is 0 Å². The van der Waals surface area contributed by atoms with E-state index in [4.69, 9.17) is 23.1 Å². The maximum absolute atomic E-state index is 12.2. The van der Waals surface area contributed by atoms with Crippen molar-refractivity contribution < 1.29 is 4.79 Å². The normalized spacial score (nSPS) is 23.0. The predicted molar refractivity (Wildman–Crippen MR) is 83.1 cm³/mol. The molecule has 0 spiro atoms. The Morgan fingerprint density at radius 2 is 2.10 bits per heavy atom. The van der Waals surface area contributed by atoms with Gasteiger partial charge in [-0.05, 0) is 33.4 Å². The largest absolute Gasteiger partial charge is 0.382 e. The summed E-state index contributed by atoms with van der Waals surface area (Å²) in [5.41, 5.74) is 11.1. The lowest BCUT2D eigenvalue weighted by molar-refractivity contribution is 0.0759. The van der Waals surface area contributed by atoms with Crippen LogP contribution in [0.1, 0.15) is 36.7 Å². The quantitative estimate of drug-likeness (QED) is 0.765. The third-order valence-electron chi connectivity index (χ3n) is 4.13. The molecule has 1 aliphatic rings. The van der Waals surface area contributed by atoms with Gasteiger partial charge in [0.05, 0.1) is 0 Å². The number of nitrogens with zero attached hydrogens (tertiary/aromatic N) is 3. The van der Waals surface area contributed by atoms with Gasteiger partial charge in [-0.25, -0.2) is 9.97 Å². The molecule has 0 radical (unpaired) electrons. The molecule has 8 heteroatoms. The van der Waals surface area contributed by atoms with Crippen molar-refractivity contribution in [3.63, 3.8) is 0 Å². The van der Waals surface area contributed by atoms with Gasteiger partial charge in [-0.15, -0.1) is 0 Å². The second kappa shape index (κ2) is 6.03. The van der Waals surface area contributed by atoms with Crippen LogP contribution >= 0.6 is 11.6 Å². The molecule has 2 heterocycles. The van der Waals surface area contributed by atoms with E-state index in [1.54, 1.807) is 0 Å². The minimum atomic E-state index is -0.387. The van der Waals surface area contributed by atoms with Gasteiger partial charge in [0.25, 0.3) is 5.91 Å². The molecule has 0 aromatic carbocycles. The molecule has 5 N–H and O–H groups in total. The van der Waals surface area contributed by atoms with E-state index in [1.807, 2.05) is 0 Å². The number of carbonyl (C=O) groups is 1. The summed E-state index contributed by atoms with van der Waals surface area (Å²) in [4.78, 5) is 22.2. The molecule has 1 fully saturated rings. The Bertz CT molecular complexity index is 552. The summed E-state index contributed by atoms with van der Waals surface area (Å²) >= 11 is 5.79. The first-order valence-corrected chi connectivity index (χ1v) is 7.29. The number of amides is 1. The first-order valence-electron chi connectivity index (χ1n) is 6.91. The average Bonchev–Trinajstić information content (AvgIpc) is 2.44. The van der Waals surface area contributed by atoms with Crippen molar-refractivity contribution in [1.29, 1.82) is 0 Å². The summed E-state index contributed by atoms with van der Waals surface area (Å²) in [6.07, 6.45) is 3.38. The lowest BCUT2D eigenvalue weighted by atomic mass is 9.89. The Labute approximate surface area is 129 Å². The van der Waals surface area contributed by atoms with Crippen LogP contribution in [0.3, 0.4) is 0 Å². The topological polar surface area (TPSA) is 110 Å². The van der Waals surface area contributed by atoms with E-state index in [2.05, 4.69) is 34.2 Å². The smallest absolute Gasteiger partial charge is 0.273 e. The van der Waals surface area contributed by atoms with Gasteiger partial charge in [-0.2, -0.15) is 0 Å². The highest BCUT2D eigenvalue weighted by atomic mass is 35.5. The third-order valence-corrected chi connectivity index (χ3v) is 4.41. The van der Waals surface area contributed by atoms with E-state index in [0.717, 1.165) is 19.4 Å². The molecule has 116 valence electrons. The molecule has 0 unspecified atom stereocenters. The zero-order chi connectivity index (χ0) is 15.6. The fourth-order valence-electron chi connectivity index (χ4n) is 2.50. The number of hydrogen-bond donors (Lipinski definition) is 3. The van der Waals surface area contributed by atoms with Crippen molar-refractivity contribution in [2.75, 3.05) is 31.6 Å². The van der Waals surface area contributed by atoms with Crippen LogP contribution in [0.2, 0.25) is 5.15 Å². The van der Waals surface area contributed by atoms with Crippen LogP contribution in [0, 0.1) is 0 Å². The van der Waals surface area contributed by atoms with E-state index in [1.165, 1.54) is 6.42 Å². The SMILES string of the molecule is CN1CCCC[C@@]1(C)CNC(=O)c1nc(Cl)c(N)nc1N. The number of aromatic nitrogens is 2. The van der Waals surface area contributed by atoms with Crippen molar-refractivity contribution in [2.45, 2.75) is 31.7 Å². The monoisotopic (exact) mass is 312 g/mol. The highest BCUT2D eigenvalue weighted by Crippen LogP contribution is 2.25. The summed E-state index contributed by atoms with van der Waals surface area (Å²) < 4.78 is 0. The van der Waals surface area contributed by atoms with Gasteiger partial charge in [0.2, 0.25) is 0 Å². The van der Waals surface area contributed by atoms with Crippen molar-refractivity contribution in [1.82, 2.24) is 20.2 Å². The Morgan fingerprint density at radius 3 is 2.76 bits per heavy atom. The number of rotatable bonds is 3. The Balaban J connectivity index is 2.07. The molecule has 1 amide bonds. The molecule has 2 rings (SSSR count). The Hall–Kier alpha value is -1.60. The second-order valence-corrected chi connectivity index (χ2v) is 6.05. The van der Waals surface area contributed by atoms with E-state index in [0.29, 0.717) is 6.54 Å². The lowest BCUT2D eigenvalue weighted by Gasteiger charge is -2.42. The summed E-state index contributed by atoms with van der Waals surface area (Å²) in [5.74, 6) is -0.386. The third kappa shape index (κ3) is 3.36. The van der Waals surface area contributed by atoms with Crippen LogP contribution in [0.15, 0.2) is 0 Å². The molecule has 0 aliphatic carbocycles. The highest BCUT2D eigenvalue weighted by molar-refractivity contribution is 6.31. The molecule has 1 aromatic rings. The minimum Gasteiger partial charge on any atom is -0.382 e. The number of nitrogen functional groups attached to an aromatic ring is 2. The molecule has 0 bridgehead atoms. The van der Waals surface area contributed by atoms with Crippen LogP contribution in [0.25, 0.3) is 0 Å². The number of hydrogen-bond acceptors (Lipinski definition) is 6. The first kappa shape index (κ1) is 15.8. The molecule has 1 aromatic heterocycles. The highest BCUT2D eigenvalue weighted by Gasteiger charge is 2.32. The molecule has 1 aliphatic heterocycles. The van der Waals surface area contributed by atoms with Gasteiger partial charge in [0, 0.05) is 12.1 Å². The van der Waals surface area contributed by atoms with E-state index >= 15 is 0 Å². The number of nitrogens with two attached hydrogens (primary N) is 2. The fraction of sp³-hybridized carbons (Fsp3) is 0.615. The van der Waals surface area contributed by atoms with Gasteiger partial charge in [0.1, 0.15) is 0 Å². The van der Waals surface area contributed by atoms with Gasteiger partial charge >= 0.3 is 0 Å². The summed E-state index contributed by atoms with van der Waals surface area (Å²) in [6, 6.07) is 0. The number of carbonyl (C=O) groups excluding carboxylic acids is 1. The van der Waals surface area contributed by atoms with Crippen molar-refractivity contribution in [3.05, 3.63) is 10.8 Å². The minimum absolute atomic E-state index is 0.0104. The molecule has 0 saturated carbocycles. The number of likely N-dealkylation sites (tertiary alicyclic amines) is 1. The summed E-state index contributed by atoms with van der Waals surface area (Å²) in [6.45, 7) is 3.69. The lowest BCUT2D eigenvalue weighted by Crippen LogP contribution is -2.54. The Morgan fingerprint density at radius 1 is 1.38 bits per heavy atom. The number of nitrogens with one attached hydrogen (secondary N) is 1. The Kier molecular flexibility index (Phi) is 4.53. The zero-order valence-electron chi connectivity index (χ0n) is 12.3. The first-order chi connectivity index (χ1) is 9.83. The van der Waals surface area contributed by atoms with Crippen LogP contribution in [-0.4, -0.2) is 46.5 Å². The van der Waals surface area contributed by atoms with Crippen LogP contribution in [0.5, 0.6) is 0 Å². The number of piperidine rings is 1. The fourth-order valence-corrected chi connectivity index (χ4v) is 2.63. The zero-order valence-corrected chi connectivity index (χ0v) is 13.1. The van der Waals surface area contributed by atoms with Crippen LogP contribution < -0.4 is 16.8 Å². The second-order valence-electron chi connectivity index (χ2n) is 5.69. The molecule has 7 nitrogen and oxygen atoms in total. The molecule has 1 saturated heterocycles. The standard InChI is InChI=1S/C13H21ClN6O/c1-13(5-3-4-6-20(13)2)7-17-12(21)8-10(15)19-11(16)9(14)18-8/h3-7H2,1-2H3,(H,17,21)(H4,15,16,19)/t13-/m0/s1. The van der Waals surface area contributed by atoms with Gasteiger partial charge < -0.3 is 16.8 Å². The van der Waals surface area contributed by atoms with Crippen LogP contribution in [0.4, 0.5) is 11.6 Å². The number of likely N-dealkylation sites (N-methyl/N-ethyl adjacent to an activating group) is 1. The van der Waals surface area contributed by atoms with Crippen molar-refractivity contribution in [3.8, 4) is 0 Å². The predicted octanol–water partition coefficient (Wildman–Crippen LogP) is 0.899. The van der Waals surface area contributed by atoms with Gasteiger partial charge in [0.15, 0.2) is 22.5 Å². The van der Waals surface area contributed by atoms with Crippen LogP contribution in [-0.2, 0) is 0 Å². The maximum atomic E-state index is 12.2. The van der Waals surface area contributed by atoms with Gasteiger partial charge in [-0.3, -0.25) is 9.69 Å². The van der Waals surface area contributed by atoms with Gasteiger partial charge in [-0.1, -0.05) is 18.0 Å². The number of anilines is 2. The van der Waals surface area contributed by atoms with Crippen molar-refractivity contribution >= 4 is 29.1 Å². The average molecular weight is 313 g/mol. The van der Waals surface area contributed by atoms with E-state index < -0.39 is 0 Å². The maximum Gasteiger partial charge on any atom is 0.273 e. The molecule has 21 heavy (non-hydrogen) atoms. The molecule has 1 atom stereocenters. The summed E-state index contributed by atoms with van der Waals surface area (Å²) in [5, 5.41) is 2.85. The number of halogens is 1. The van der Waals surface area contributed by atoms with E-state index in [9.17, 15) is 4.79 Å². The van der Waals surface area contributed by atoms with E-state index in [-0.39, 0.29) is 33.9 Å². The summed E-state index contributed by atoms with van der Waals surface area (Å²) in [7, 11) is 2.07. The molecular weight excluding hydrogens is 292 g/mol.